The van der Waals surface area contributed by atoms with Gasteiger partial charge in [-0.1, -0.05) is 54.6 Å². The summed E-state index contributed by atoms with van der Waals surface area (Å²) in [6.45, 7) is 5.43. The van der Waals surface area contributed by atoms with Gasteiger partial charge in [-0.15, -0.1) is 0 Å². The molecule has 0 spiro atoms. The summed E-state index contributed by atoms with van der Waals surface area (Å²) >= 11 is 0. The molecule has 4 aromatic carbocycles. The van der Waals surface area contributed by atoms with E-state index in [0.29, 0.717) is 60.4 Å². The zero-order chi connectivity index (χ0) is 34.5. The molecule has 0 saturated carbocycles. The first-order valence-electron chi connectivity index (χ1n) is 16.2. The first-order valence-corrected chi connectivity index (χ1v) is 17.6. The second-order valence-electron chi connectivity index (χ2n) is 11.7. The van der Waals surface area contributed by atoms with E-state index in [0.717, 1.165) is 11.3 Å². The molecule has 2 heterocycles. The number of hydrogen-bond donors (Lipinski definition) is 0. The third kappa shape index (κ3) is 7.22. The Morgan fingerprint density at radius 3 is 2.18 bits per heavy atom. The summed E-state index contributed by atoms with van der Waals surface area (Å²) in [5.41, 5.74) is 3.70. The van der Waals surface area contributed by atoms with Gasteiger partial charge in [-0.2, -0.15) is 0 Å². The lowest BCUT2D eigenvalue weighted by molar-refractivity contribution is 0.0492. The number of rotatable bonds is 11. The number of nitrogens with zero attached hydrogens (tertiary/aromatic N) is 3. The first kappa shape index (κ1) is 33.5. The Morgan fingerprint density at radius 1 is 0.816 bits per heavy atom. The fourth-order valence-electron chi connectivity index (χ4n) is 5.98. The molecule has 5 aromatic rings. The van der Waals surface area contributed by atoms with Gasteiger partial charge in [0.15, 0.2) is 5.78 Å². The molecule has 1 aliphatic heterocycles. The largest absolute Gasteiger partial charge is 0.460 e. The van der Waals surface area contributed by atoms with Crippen LogP contribution in [0.4, 0.5) is 11.4 Å². The Hall–Kier alpha value is -5.42. The highest BCUT2D eigenvalue weighted by atomic mass is 32.2. The Morgan fingerprint density at radius 2 is 1.49 bits per heavy atom. The van der Waals surface area contributed by atoms with Crippen LogP contribution >= 0.6 is 0 Å². The van der Waals surface area contributed by atoms with Crippen LogP contribution in [-0.4, -0.2) is 70.3 Å². The van der Waals surface area contributed by atoms with Gasteiger partial charge in [0.2, 0.25) is 5.76 Å². The van der Waals surface area contributed by atoms with Crippen LogP contribution in [0.3, 0.4) is 0 Å². The van der Waals surface area contributed by atoms with Crippen LogP contribution in [0, 0.1) is 0 Å². The van der Waals surface area contributed by atoms with Gasteiger partial charge in [-0.3, -0.25) is 13.9 Å². The molecule has 11 heteroatoms. The smallest absolute Gasteiger partial charge is 0.374 e. The summed E-state index contributed by atoms with van der Waals surface area (Å²) in [7, 11) is -4.11. The molecular formula is C38H37N3O7S. The third-order valence-corrected chi connectivity index (χ3v) is 10.4. The Labute approximate surface area is 285 Å². The Bertz CT molecular complexity index is 2090. The number of Topliss-reactive ketones (excluding diaryl/α,β-unsaturated/α-hetero) is 1. The van der Waals surface area contributed by atoms with E-state index in [1.165, 1.54) is 29.4 Å². The van der Waals surface area contributed by atoms with Crippen LogP contribution in [0.25, 0.3) is 11.0 Å². The van der Waals surface area contributed by atoms with E-state index < -0.39 is 16.0 Å². The lowest BCUT2D eigenvalue weighted by atomic mass is 10.1. The summed E-state index contributed by atoms with van der Waals surface area (Å²) in [6, 6.07) is 29.8. The minimum absolute atomic E-state index is 0.00313. The van der Waals surface area contributed by atoms with Crippen LogP contribution in [0.15, 0.2) is 112 Å². The lowest BCUT2D eigenvalue weighted by Gasteiger charge is -2.38. The van der Waals surface area contributed by atoms with Crippen molar-refractivity contribution in [2.24, 2.45) is 0 Å². The summed E-state index contributed by atoms with van der Waals surface area (Å²) in [5.74, 6) is -0.787. The quantitative estimate of drug-likeness (QED) is 0.120. The summed E-state index contributed by atoms with van der Waals surface area (Å²) in [6.07, 6.45) is 0.472. The van der Waals surface area contributed by atoms with Crippen LogP contribution in [-0.2, 0) is 21.2 Å². The molecule has 1 saturated heterocycles. The van der Waals surface area contributed by atoms with Gasteiger partial charge in [0.25, 0.3) is 15.9 Å². The molecule has 6 rings (SSSR count). The number of ether oxygens (including phenoxy) is 1. The van der Waals surface area contributed by atoms with Crippen molar-refractivity contribution in [1.82, 2.24) is 4.90 Å². The number of esters is 1. The van der Waals surface area contributed by atoms with Crippen molar-refractivity contribution < 1.29 is 32.0 Å². The van der Waals surface area contributed by atoms with Crippen molar-refractivity contribution in [2.45, 2.75) is 25.2 Å². The van der Waals surface area contributed by atoms with Crippen molar-refractivity contribution in [1.29, 1.82) is 0 Å². The number of amides is 1. The number of carbonyl (C=O) groups is 3. The number of furan rings is 1. The van der Waals surface area contributed by atoms with Gasteiger partial charge in [0, 0.05) is 49.2 Å². The standard InChI is InChI=1S/C38H37N3O7S/c1-3-47-38(44)36-26-31-25-32(17-18-35(31)48-36)49(45,46)41(20-19-28-9-5-4-6-10-28)34-12-8-7-11-33(34)39-21-23-40(24-22-39)37(43)30-15-13-29(14-16-30)27(2)42/h4-18,25-26H,3,19-24H2,1-2H3. The van der Waals surface area contributed by atoms with Crippen LogP contribution in [0.2, 0.25) is 0 Å². The molecule has 1 aromatic heterocycles. The molecule has 252 valence electrons. The number of benzene rings is 4. The number of hydrogen-bond acceptors (Lipinski definition) is 8. The predicted molar refractivity (Wildman–Crippen MR) is 188 cm³/mol. The number of ketones is 1. The minimum Gasteiger partial charge on any atom is -0.460 e. The monoisotopic (exact) mass is 679 g/mol. The van der Waals surface area contributed by atoms with Gasteiger partial charge in [-0.25, -0.2) is 13.2 Å². The highest BCUT2D eigenvalue weighted by Crippen LogP contribution is 2.35. The van der Waals surface area contributed by atoms with Gasteiger partial charge < -0.3 is 19.0 Å². The summed E-state index contributed by atoms with van der Waals surface area (Å²) in [4.78, 5) is 41.2. The number of piperazine rings is 1. The van der Waals surface area contributed by atoms with Gasteiger partial charge in [-0.05, 0) is 74.4 Å². The van der Waals surface area contributed by atoms with Crippen molar-refractivity contribution in [3.05, 3.63) is 126 Å². The number of para-hydroxylation sites is 2. The van der Waals surface area contributed by atoms with Crippen molar-refractivity contribution in [2.75, 3.05) is 48.5 Å². The molecular weight excluding hydrogens is 642 g/mol. The highest BCUT2D eigenvalue weighted by Gasteiger charge is 2.30. The lowest BCUT2D eigenvalue weighted by Crippen LogP contribution is -2.49. The molecule has 0 radical (unpaired) electrons. The molecule has 0 atom stereocenters. The fourth-order valence-corrected chi connectivity index (χ4v) is 7.50. The Kier molecular flexibility index (Phi) is 9.82. The van der Waals surface area contributed by atoms with E-state index in [2.05, 4.69) is 4.90 Å². The fraction of sp³-hybridized carbons (Fsp3) is 0.237. The molecule has 0 bridgehead atoms. The molecule has 0 aliphatic carbocycles. The average Bonchev–Trinajstić information content (AvgIpc) is 3.56. The van der Waals surface area contributed by atoms with E-state index >= 15 is 0 Å². The van der Waals surface area contributed by atoms with Crippen molar-refractivity contribution in [3.8, 4) is 0 Å². The van der Waals surface area contributed by atoms with Crippen molar-refractivity contribution >= 4 is 50.0 Å². The maximum Gasteiger partial charge on any atom is 0.374 e. The van der Waals surface area contributed by atoms with E-state index in [9.17, 15) is 22.8 Å². The average molecular weight is 680 g/mol. The molecule has 0 N–H and O–H groups in total. The number of anilines is 2. The van der Waals surface area contributed by atoms with Crippen LogP contribution in [0.5, 0.6) is 0 Å². The highest BCUT2D eigenvalue weighted by molar-refractivity contribution is 7.92. The molecule has 1 amide bonds. The molecule has 0 unspecified atom stereocenters. The topological polar surface area (TPSA) is 117 Å². The minimum atomic E-state index is -4.11. The number of fused-ring (bicyclic) bond motifs is 1. The molecule has 10 nitrogen and oxygen atoms in total. The second kappa shape index (κ2) is 14.4. The SMILES string of the molecule is CCOC(=O)c1cc2cc(S(=O)(=O)N(CCc3ccccc3)c3ccccc3N3CCN(C(=O)c4ccc(C(C)=O)cc4)CC3)ccc2o1. The number of sulfonamides is 1. The van der Waals surface area contributed by atoms with E-state index in [-0.39, 0.29) is 35.5 Å². The van der Waals surface area contributed by atoms with Crippen LogP contribution < -0.4 is 9.21 Å². The normalized spacial score (nSPS) is 13.3. The predicted octanol–water partition coefficient (Wildman–Crippen LogP) is 6.21. The molecule has 1 fully saturated rings. The van der Waals surface area contributed by atoms with Gasteiger partial charge in [0.1, 0.15) is 5.58 Å². The molecule has 1 aliphatic rings. The second-order valence-corrected chi connectivity index (χ2v) is 13.6. The zero-order valence-corrected chi connectivity index (χ0v) is 28.2. The van der Waals surface area contributed by atoms with Gasteiger partial charge >= 0.3 is 5.97 Å². The summed E-state index contributed by atoms with van der Waals surface area (Å²) < 4.78 is 41.2. The third-order valence-electron chi connectivity index (χ3n) is 8.60. The zero-order valence-electron chi connectivity index (χ0n) is 27.4. The van der Waals surface area contributed by atoms with Crippen LogP contribution in [0.1, 0.15) is 50.7 Å². The number of carbonyl (C=O) groups excluding carboxylic acids is 3. The maximum atomic E-state index is 14.6. The van der Waals surface area contributed by atoms with E-state index in [4.69, 9.17) is 9.15 Å². The van der Waals surface area contributed by atoms with E-state index in [1.807, 2.05) is 48.5 Å². The Balaban J connectivity index is 1.29. The van der Waals surface area contributed by atoms with Gasteiger partial charge in [0.05, 0.1) is 22.9 Å². The first-order chi connectivity index (χ1) is 23.7. The molecule has 49 heavy (non-hydrogen) atoms. The maximum absolute atomic E-state index is 14.6. The summed E-state index contributed by atoms with van der Waals surface area (Å²) in [5, 5.41) is 0.470. The van der Waals surface area contributed by atoms with E-state index in [1.54, 1.807) is 48.2 Å². The van der Waals surface area contributed by atoms with Crippen molar-refractivity contribution in [3.63, 3.8) is 0 Å².